The number of thiazole rings is 1. The number of anilines is 1. The number of benzene rings is 2. The van der Waals surface area contributed by atoms with E-state index in [-0.39, 0.29) is 12.5 Å². The Hall–Kier alpha value is -2.38. The molecule has 29 heavy (non-hydrogen) atoms. The van der Waals surface area contributed by atoms with Gasteiger partial charge >= 0.3 is 0 Å². The molecule has 1 N–H and O–H groups in total. The number of hydrogen-bond acceptors (Lipinski definition) is 5. The number of halogens is 1. The van der Waals surface area contributed by atoms with E-state index < -0.39 is 0 Å². The minimum absolute atomic E-state index is 0.0830. The average molecular weight is 475 g/mol. The number of hydrogen-bond donors (Lipinski definition) is 1. The molecule has 3 rings (SSSR count). The smallest absolute Gasteiger partial charge is 0.264 e. The van der Waals surface area contributed by atoms with Crippen molar-refractivity contribution in [2.75, 3.05) is 18.5 Å². The molecule has 0 aliphatic carbocycles. The number of aryl methyl sites for hydroxylation is 1. The summed E-state index contributed by atoms with van der Waals surface area (Å²) in [4.78, 5) is 16.7. The fourth-order valence-electron chi connectivity index (χ4n) is 2.54. The second-order valence-corrected chi connectivity index (χ2v) is 8.25. The normalized spacial score (nSPS) is 10.6. The van der Waals surface area contributed by atoms with E-state index in [9.17, 15) is 4.79 Å². The van der Waals surface area contributed by atoms with Crippen LogP contribution in [0.4, 0.5) is 5.13 Å². The van der Waals surface area contributed by atoms with E-state index >= 15 is 0 Å². The first-order valence-electron chi connectivity index (χ1n) is 9.42. The first-order valence-corrected chi connectivity index (χ1v) is 11.1. The number of nitrogens with one attached hydrogen (secondary N) is 1. The second kappa shape index (κ2) is 10.4. The molecule has 5 nitrogen and oxygen atoms in total. The lowest BCUT2D eigenvalue weighted by Crippen LogP contribution is -2.20. The first kappa shape index (κ1) is 21.3. The number of carbonyl (C=O) groups is 1. The number of unbranched alkanes of at least 4 members (excludes halogenated alkanes) is 1. The van der Waals surface area contributed by atoms with Crippen molar-refractivity contribution in [3.63, 3.8) is 0 Å². The highest BCUT2D eigenvalue weighted by atomic mass is 79.9. The highest BCUT2D eigenvalue weighted by molar-refractivity contribution is 9.10. The third-order valence-corrected chi connectivity index (χ3v) is 5.49. The van der Waals surface area contributed by atoms with Crippen molar-refractivity contribution in [2.45, 2.75) is 26.7 Å². The SMILES string of the molecule is CCCCOc1ccc(-c2csc(NC(=O)COc3ccc(C)cc3Br)n2)cc1. The van der Waals surface area contributed by atoms with Gasteiger partial charge in [-0.2, -0.15) is 0 Å². The Labute approximate surface area is 183 Å². The molecule has 0 saturated carbocycles. The van der Waals surface area contributed by atoms with Gasteiger partial charge in [0.1, 0.15) is 11.5 Å². The Balaban J connectivity index is 1.53. The van der Waals surface area contributed by atoms with Gasteiger partial charge in [-0.1, -0.05) is 19.4 Å². The topological polar surface area (TPSA) is 60.5 Å². The number of amides is 1. The van der Waals surface area contributed by atoms with Crippen LogP contribution >= 0.6 is 27.3 Å². The van der Waals surface area contributed by atoms with E-state index in [1.807, 2.05) is 54.8 Å². The third kappa shape index (κ3) is 6.30. The summed E-state index contributed by atoms with van der Waals surface area (Å²) in [6.45, 7) is 4.78. The second-order valence-electron chi connectivity index (χ2n) is 6.54. The monoisotopic (exact) mass is 474 g/mol. The molecule has 7 heteroatoms. The molecule has 1 heterocycles. The maximum Gasteiger partial charge on any atom is 0.264 e. The van der Waals surface area contributed by atoms with Crippen molar-refractivity contribution < 1.29 is 14.3 Å². The minimum atomic E-state index is -0.252. The van der Waals surface area contributed by atoms with Gasteiger partial charge in [0.25, 0.3) is 5.91 Å². The molecule has 2 aromatic carbocycles. The summed E-state index contributed by atoms with van der Waals surface area (Å²) in [5.41, 5.74) is 2.90. The summed E-state index contributed by atoms with van der Waals surface area (Å²) in [6, 6.07) is 13.5. The zero-order valence-corrected chi connectivity index (χ0v) is 18.8. The fourth-order valence-corrected chi connectivity index (χ4v) is 3.89. The maximum absolute atomic E-state index is 12.2. The zero-order chi connectivity index (χ0) is 20.6. The van der Waals surface area contributed by atoms with Crippen molar-refractivity contribution in [3.8, 4) is 22.8 Å². The van der Waals surface area contributed by atoms with Crippen molar-refractivity contribution in [3.05, 3.63) is 57.9 Å². The predicted molar refractivity (Wildman–Crippen MR) is 121 cm³/mol. The zero-order valence-electron chi connectivity index (χ0n) is 16.4. The average Bonchev–Trinajstić information content (AvgIpc) is 3.16. The maximum atomic E-state index is 12.2. The summed E-state index contributed by atoms with van der Waals surface area (Å²) >= 11 is 4.82. The van der Waals surface area contributed by atoms with Gasteiger partial charge in [0.05, 0.1) is 16.8 Å². The molecular weight excluding hydrogens is 452 g/mol. The Kier molecular flexibility index (Phi) is 7.66. The molecule has 0 fully saturated rings. The molecule has 0 saturated heterocycles. The van der Waals surface area contributed by atoms with Crippen molar-refractivity contribution in [2.24, 2.45) is 0 Å². The van der Waals surface area contributed by atoms with Gasteiger partial charge in [0, 0.05) is 10.9 Å². The van der Waals surface area contributed by atoms with E-state index in [0.29, 0.717) is 10.9 Å². The fraction of sp³-hybridized carbons (Fsp3) is 0.273. The van der Waals surface area contributed by atoms with Gasteiger partial charge in [-0.15, -0.1) is 11.3 Å². The van der Waals surface area contributed by atoms with E-state index in [1.165, 1.54) is 11.3 Å². The highest BCUT2D eigenvalue weighted by Gasteiger charge is 2.10. The minimum Gasteiger partial charge on any atom is -0.494 e. The van der Waals surface area contributed by atoms with E-state index in [2.05, 4.69) is 33.2 Å². The van der Waals surface area contributed by atoms with E-state index in [1.54, 1.807) is 0 Å². The summed E-state index contributed by atoms with van der Waals surface area (Å²) < 4.78 is 12.1. The van der Waals surface area contributed by atoms with Gasteiger partial charge in [0.15, 0.2) is 11.7 Å². The number of aromatic nitrogens is 1. The van der Waals surface area contributed by atoms with Gasteiger partial charge in [-0.05, 0) is 71.2 Å². The van der Waals surface area contributed by atoms with Crippen LogP contribution in [0.2, 0.25) is 0 Å². The molecule has 0 spiro atoms. The molecule has 0 bridgehead atoms. The van der Waals surface area contributed by atoms with Gasteiger partial charge in [0.2, 0.25) is 0 Å². The van der Waals surface area contributed by atoms with Crippen LogP contribution in [0.1, 0.15) is 25.3 Å². The summed E-state index contributed by atoms with van der Waals surface area (Å²) in [7, 11) is 0. The number of rotatable bonds is 9. The standard InChI is InChI=1S/C22H23BrN2O3S/c1-3-4-11-27-17-8-6-16(7-9-17)19-14-29-22(24-19)25-21(26)13-28-20-10-5-15(2)12-18(20)23/h5-10,12,14H,3-4,11,13H2,1-2H3,(H,24,25,26). The van der Waals surface area contributed by atoms with Crippen LogP contribution in [0.15, 0.2) is 52.3 Å². The molecule has 152 valence electrons. The van der Waals surface area contributed by atoms with Gasteiger partial charge in [-0.25, -0.2) is 4.98 Å². The van der Waals surface area contributed by atoms with Gasteiger partial charge < -0.3 is 9.47 Å². The molecule has 0 unspecified atom stereocenters. The van der Waals surface area contributed by atoms with Crippen LogP contribution in [0.5, 0.6) is 11.5 Å². The Morgan fingerprint density at radius 3 is 2.69 bits per heavy atom. The molecule has 3 aromatic rings. The molecule has 0 radical (unpaired) electrons. The largest absolute Gasteiger partial charge is 0.494 e. The Bertz CT molecular complexity index is 957. The molecule has 0 aliphatic rings. The summed E-state index contributed by atoms with van der Waals surface area (Å²) in [6.07, 6.45) is 2.15. The molecule has 1 amide bonds. The third-order valence-electron chi connectivity index (χ3n) is 4.11. The molecule has 0 atom stereocenters. The van der Waals surface area contributed by atoms with Crippen molar-refractivity contribution >= 4 is 38.3 Å². The number of nitrogens with zero attached hydrogens (tertiary/aromatic N) is 1. The predicted octanol–water partition coefficient (Wildman–Crippen LogP) is 6.08. The Morgan fingerprint density at radius 2 is 1.97 bits per heavy atom. The first-order chi connectivity index (χ1) is 14.0. The van der Waals surface area contributed by atoms with E-state index in [0.717, 1.165) is 46.5 Å². The Morgan fingerprint density at radius 1 is 1.17 bits per heavy atom. The number of carbonyl (C=O) groups excluding carboxylic acids is 1. The lowest BCUT2D eigenvalue weighted by molar-refractivity contribution is -0.118. The van der Waals surface area contributed by atoms with Crippen LogP contribution < -0.4 is 14.8 Å². The van der Waals surface area contributed by atoms with Crippen LogP contribution in [-0.2, 0) is 4.79 Å². The highest BCUT2D eigenvalue weighted by Crippen LogP contribution is 2.27. The molecule has 1 aromatic heterocycles. The van der Waals surface area contributed by atoms with Crippen molar-refractivity contribution in [1.29, 1.82) is 0 Å². The van der Waals surface area contributed by atoms with E-state index in [4.69, 9.17) is 9.47 Å². The quantitative estimate of drug-likeness (QED) is 0.381. The summed E-state index contributed by atoms with van der Waals surface area (Å²) in [5, 5.41) is 5.24. The lowest BCUT2D eigenvalue weighted by atomic mass is 10.2. The van der Waals surface area contributed by atoms with Gasteiger partial charge in [-0.3, -0.25) is 10.1 Å². The lowest BCUT2D eigenvalue weighted by Gasteiger charge is -2.08. The van der Waals surface area contributed by atoms with Crippen LogP contribution in [-0.4, -0.2) is 24.1 Å². The molecular formula is C22H23BrN2O3S. The summed E-state index contributed by atoms with van der Waals surface area (Å²) in [5.74, 6) is 1.23. The van der Waals surface area contributed by atoms with Crippen LogP contribution in [0, 0.1) is 6.92 Å². The number of ether oxygens (including phenoxy) is 2. The molecule has 0 aliphatic heterocycles. The van der Waals surface area contributed by atoms with Crippen LogP contribution in [0.25, 0.3) is 11.3 Å². The van der Waals surface area contributed by atoms with Crippen molar-refractivity contribution in [1.82, 2.24) is 4.98 Å². The van der Waals surface area contributed by atoms with Crippen LogP contribution in [0.3, 0.4) is 0 Å².